The predicted octanol–water partition coefficient (Wildman–Crippen LogP) is 4.68. The van der Waals surface area contributed by atoms with Gasteiger partial charge in [0.1, 0.15) is 5.82 Å². The molecule has 0 heterocycles. The molecular formula is C13H9ClFNO2S. The van der Waals surface area contributed by atoms with Crippen molar-refractivity contribution in [2.24, 2.45) is 0 Å². The summed E-state index contributed by atoms with van der Waals surface area (Å²) in [5, 5.41) is 10.9. The summed E-state index contributed by atoms with van der Waals surface area (Å²) < 4.78 is 13.5. The average Bonchev–Trinajstić information content (AvgIpc) is 2.38. The zero-order valence-corrected chi connectivity index (χ0v) is 11.2. The molecule has 19 heavy (non-hydrogen) atoms. The lowest BCUT2D eigenvalue weighted by atomic mass is 10.2. The fourth-order valence-electron chi connectivity index (χ4n) is 1.49. The van der Waals surface area contributed by atoms with Crippen molar-refractivity contribution < 1.29 is 9.31 Å². The monoisotopic (exact) mass is 297 g/mol. The lowest BCUT2D eigenvalue weighted by Gasteiger charge is -2.05. The van der Waals surface area contributed by atoms with E-state index in [0.717, 1.165) is 4.90 Å². The van der Waals surface area contributed by atoms with Gasteiger partial charge < -0.3 is 0 Å². The van der Waals surface area contributed by atoms with Gasteiger partial charge in [0.25, 0.3) is 5.69 Å². The Balaban J connectivity index is 2.08. The molecular weight excluding hydrogens is 289 g/mol. The first-order valence-corrected chi connectivity index (χ1v) is 6.74. The minimum Gasteiger partial charge on any atom is -0.258 e. The van der Waals surface area contributed by atoms with Crippen LogP contribution in [-0.2, 0) is 5.75 Å². The van der Waals surface area contributed by atoms with Gasteiger partial charge in [-0.05, 0) is 24.3 Å². The molecule has 0 spiro atoms. The largest absolute Gasteiger partial charge is 0.269 e. The van der Waals surface area contributed by atoms with Crippen LogP contribution in [0.15, 0.2) is 47.4 Å². The third kappa shape index (κ3) is 3.45. The number of nitrogens with zero attached hydrogens (tertiary/aromatic N) is 1. The molecule has 0 saturated carbocycles. The van der Waals surface area contributed by atoms with E-state index in [1.54, 1.807) is 24.3 Å². The lowest BCUT2D eigenvalue weighted by Crippen LogP contribution is -1.89. The summed E-state index contributed by atoms with van der Waals surface area (Å²) >= 11 is 7.30. The molecule has 0 unspecified atom stereocenters. The van der Waals surface area contributed by atoms with Crippen LogP contribution in [0.4, 0.5) is 10.1 Å². The molecule has 0 atom stereocenters. The van der Waals surface area contributed by atoms with Gasteiger partial charge in [0, 0.05) is 33.4 Å². The van der Waals surface area contributed by atoms with E-state index in [9.17, 15) is 14.5 Å². The van der Waals surface area contributed by atoms with Crippen LogP contribution in [0, 0.1) is 15.9 Å². The van der Waals surface area contributed by atoms with Crippen LogP contribution >= 0.6 is 23.4 Å². The Labute approximate surface area is 118 Å². The molecule has 2 rings (SSSR count). The maximum atomic E-state index is 13.5. The molecule has 0 aliphatic carbocycles. The van der Waals surface area contributed by atoms with Gasteiger partial charge in [-0.25, -0.2) is 4.39 Å². The van der Waals surface area contributed by atoms with Crippen LogP contribution in [0.25, 0.3) is 0 Å². The second kappa shape index (κ2) is 6.04. The Hall–Kier alpha value is -1.59. The van der Waals surface area contributed by atoms with E-state index in [1.807, 2.05) is 0 Å². The van der Waals surface area contributed by atoms with E-state index in [0.29, 0.717) is 16.3 Å². The Kier molecular flexibility index (Phi) is 4.39. The molecule has 2 aromatic rings. The fraction of sp³-hybridized carbons (Fsp3) is 0.0769. The first-order valence-electron chi connectivity index (χ1n) is 5.38. The highest BCUT2D eigenvalue weighted by atomic mass is 35.5. The van der Waals surface area contributed by atoms with Crippen molar-refractivity contribution in [3.63, 3.8) is 0 Å². The summed E-state index contributed by atoms with van der Waals surface area (Å²) in [5.74, 6) is 0.0328. The summed E-state index contributed by atoms with van der Waals surface area (Å²) in [4.78, 5) is 10.9. The molecule has 6 heteroatoms. The summed E-state index contributed by atoms with van der Waals surface area (Å²) in [6.07, 6.45) is 0. The molecule has 0 N–H and O–H groups in total. The number of halogens is 2. The molecule has 3 nitrogen and oxygen atoms in total. The van der Waals surface area contributed by atoms with Gasteiger partial charge in [0.15, 0.2) is 0 Å². The minimum absolute atomic E-state index is 0.0354. The number of rotatable bonds is 4. The normalized spacial score (nSPS) is 10.4. The van der Waals surface area contributed by atoms with Crippen LogP contribution in [0.3, 0.4) is 0 Å². The number of hydrogen-bond donors (Lipinski definition) is 0. The molecule has 2 aromatic carbocycles. The third-order valence-electron chi connectivity index (χ3n) is 2.49. The lowest BCUT2D eigenvalue weighted by molar-refractivity contribution is -0.384. The van der Waals surface area contributed by atoms with Gasteiger partial charge >= 0.3 is 0 Å². The van der Waals surface area contributed by atoms with Gasteiger partial charge in [0.05, 0.1) is 4.92 Å². The van der Waals surface area contributed by atoms with E-state index in [-0.39, 0.29) is 11.5 Å². The van der Waals surface area contributed by atoms with E-state index >= 15 is 0 Å². The van der Waals surface area contributed by atoms with Gasteiger partial charge in [0.2, 0.25) is 0 Å². The summed E-state index contributed by atoms with van der Waals surface area (Å²) in [7, 11) is 0. The molecule has 98 valence electrons. The molecule has 0 aliphatic rings. The van der Waals surface area contributed by atoms with Gasteiger partial charge in [-0.15, -0.1) is 11.8 Å². The predicted molar refractivity (Wildman–Crippen MR) is 74.1 cm³/mol. The Morgan fingerprint density at radius 3 is 2.47 bits per heavy atom. The average molecular weight is 298 g/mol. The highest BCUT2D eigenvalue weighted by Crippen LogP contribution is 2.29. The summed E-state index contributed by atoms with van der Waals surface area (Å²) in [6, 6.07) is 10.7. The standard InChI is InChI=1S/C13H9ClFNO2S/c14-12-2-1-3-13(15)11(12)8-19-10-6-4-9(5-7-10)16(17)18/h1-7H,8H2. The van der Waals surface area contributed by atoms with Crippen molar-refractivity contribution in [1.82, 2.24) is 0 Å². The number of nitro benzene ring substituents is 1. The van der Waals surface area contributed by atoms with Gasteiger partial charge in [-0.2, -0.15) is 0 Å². The zero-order chi connectivity index (χ0) is 13.8. The van der Waals surface area contributed by atoms with Crippen LogP contribution < -0.4 is 0 Å². The van der Waals surface area contributed by atoms with Crippen LogP contribution in [0.2, 0.25) is 5.02 Å². The quantitative estimate of drug-likeness (QED) is 0.467. The van der Waals surface area contributed by atoms with E-state index in [2.05, 4.69) is 0 Å². The molecule has 0 saturated heterocycles. The number of non-ortho nitro benzene ring substituents is 1. The molecule has 0 amide bonds. The second-order valence-corrected chi connectivity index (χ2v) is 5.20. The topological polar surface area (TPSA) is 43.1 Å². The Bertz CT molecular complexity index is 584. The SMILES string of the molecule is O=[N+]([O-])c1ccc(SCc2c(F)cccc2Cl)cc1. The molecule has 0 aliphatic heterocycles. The number of thioether (sulfide) groups is 1. The molecule has 0 aromatic heterocycles. The number of nitro groups is 1. The van der Waals surface area contributed by atoms with Crippen molar-refractivity contribution in [2.45, 2.75) is 10.6 Å². The van der Waals surface area contributed by atoms with Crippen molar-refractivity contribution >= 4 is 29.1 Å². The smallest absolute Gasteiger partial charge is 0.258 e. The second-order valence-electron chi connectivity index (χ2n) is 3.74. The minimum atomic E-state index is -0.456. The highest BCUT2D eigenvalue weighted by Gasteiger charge is 2.08. The number of hydrogen-bond acceptors (Lipinski definition) is 3. The first-order chi connectivity index (χ1) is 9.08. The fourth-order valence-corrected chi connectivity index (χ4v) is 2.73. The third-order valence-corrected chi connectivity index (χ3v) is 3.89. The molecule has 0 fully saturated rings. The van der Waals surface area contributed by atoms with E-state index in [1.165, 1.54) is 30.0 Å². The van der Waals surface area contributed by atoms with Crippen LogP contribution in [0.1, 0.15) is 5.56 Å². The zero-order valence-electron chi connectivity index (χ0n) is 9.68. The van der Waals surface area contributed by atoms with Crippen molar-refractivity contribution in [3.8, 4) is 0 Å². The Morgan fingerprint density at radius 1 is 1.21 bits per heavy atom. The molecule has 0 radical (unpaired) electrons. The van der Waals surface area contributed by atoms with Gasteiger partial charge in [-0.1, -0.05) is 17.7 Å². The summed E-state index contributed by atoms with van der Waals surface area (Å²) in [6.45, 7) is 0. The first kappa shape index (κ1) is 13.8. The summed E-state index contributed by atoms with van der Waals surface area (Å²) in [5.41, 5.74) is 0.473. The van der Waals surface area contributed by atoms with Crippen LogP contribution in [0.5, 0.6) is 0 Å². The number of benzene rings is 2. The maximum absolute atomic E-state index is 13.5. The van der Waals surface area contributed by atoms with Crippen molar-refractivity contribution in [2.75, 3.05) is 0 Å². The van der Waals surface area contributed by atoms with Gasteiger partial charge in [-0.3, -0.25) is 10.1 Å². The maximum Gasteiger partial charge on any atom is 0.269 e. The Morgan fingerprint density at radius 2 is 1.89 bits per heavy atom. The van der Waals surface area contributed by atoms with E-state index in [4.69, 9.17) is 11.6 Å². The van der Waals surface area contributed by atoms with Crippen LogP contribution in [-0.4, -0.2) is 4.92 Å². The van der Waals surface area contributed by atoms with Crippen molar-refractivity contribution in [1.29, 1.82) is 0 Å². The van der Waals surface area contributed by atoms with E-state index < -0.39 is 4.92 Å². The highest BCUT2D eigenvalue weighted by molar-refractivity contribution is 7.98. The van der Waals surface area contributed by atoms with Crippen molar-refractivity contribution in [3.05, 3.63) is 69.0 Å². The molecule has 0 bridgehead atoms.